The molecule has 0 atom stereocenters. The molecule has 2 aromatic heterocycles. The third-order valence-corrected chi connectivity index (χ3v) is 3.52. The average Bonchev–Trinajstić information content (AvgIpc) is 3.16. The van der Waals surface area contributed by atoms with Gasteiger partial charge in [0.15, 0.2) is 11.6 Å². The number of nitrogens with zero attached hydrogens (tertiary/aromatic N) is 4. The first kappa shape index (κ1) is 20.0. The van der Waals surface area contributed by atoms with Crippen molar-refractivity contribution in [3.63, 3.8) is 0 Å². The second kappa shape index (κ2) is 8.70. The smallest absolute Gasteiger partial charge is 0.167 e. The van der Waals surface area contributed by atoms with Crippen molar-refractivity contribution < 1.29 is 9.13 Å². The van der Waals surface area contributed by atoms with Gasteiger partial charge < -0.3 is 13.9 Å². The number of halogens is 3. The highest BCUT2D eigenvalue weighted by molar-refractivity contribution is 5.85. The monoisotopic (exact) mass is 372 g/mol. The molecule has 2 heterocycles. The Kier molecular flexibility index (Phi) is 7.25. The van der Waals surface area contributed by atoms with Gasteiger partial charge in [-0.15, -0.1) is 24.8 Å². The largest absolute Gasteiger partial charge is 0.494 e. The Morgan fingerprint density at radius 3 is 2.67 bits per heavy atom. The van der Waals surface area contributed by atoms with Gasteiger partial charge >= 0.3 is 0 Å². The van der Waals surface area contributed by atoms with Gasteiger partial charge in [-0.25, -0.2) is 14.4 Å². The molecule has 0 unspecified atom stereocenters. The Morgan fingerprint density at radius 1 is 1.21 bits per heavy atom. The standard InChI is InChI=1S/C16H17FN4O.2ClH/c1-3-16-18-6-7-20(16)9-12-10-21(11-19-12)13-4-5-15(22-2)14(17)8-13;;/h4-8,10-11H,3,9H2,1-2H3;2*1H. The molecule has 0 radical (unpaired) electrons. The number of imidazole rings is 2. The number of rotatable bonds is 5. The normalized spacial score (nSPS) is 9.96. The first-order chi connectivity index (χ1) is 10.7. The molecule has 0 fully saturated rings. The maximum Gasteiger partial charge on any atom is 0.167 e. The fourth-order valence-corrected chi connectivity index (χ4v) is 2.38. The Morgan fingerprint density at radius 2 is 2.00 bits per heavy atom. The predicted octanol–water partition coefficient (Wildman–Crippen LogP) is 3.67. The van der Waals surface area contributed by atoms with Crippen LogP contribution in [0.3, 0.4) is 0 Å². The first-order valence-corrected chi connectivity index (χ1v) is 7.08. The molecule has 0 bridgehead atoms. The molecule has 5 nitrogen and oxygen atoms in total. The summed E-state index contributed by atoms with van der Waals surface area (Å²) in [6.07, 6.45) is 8.16. The van der Waals surface area contributed by atoms with Gasteiger partial charge in [-0.05, 0) is 12.1 Å². The predicted molar refractivity (Wildman–Crippen MR) is 95.3 cm³/mol. The number of hydrogen-bond donors (Lipinski definition) is 0. The molecule has 0 aliphatic carbocycles. The summed E-state index contributed by atoms with van der Waals surface area (Å²) in [6.45, 7) is 2.71. The molecular weight excluding hydrogens is 354 g/mol. The van der Waals surface area contributed by atoms with Crippen LogP contribution in [-0.2, 0) is 13.0 Å². The molecular formula is C16H19Cl2FN4O. The molecule has 0 aliphatic heterocycles. The maximum atomic E-state index is 13.8. The highest BCUT2D eigenvalue weighted by Gasteiger charge is 2.08. The van der Waals surface area contributed by atoms with Crippen molar-refractivity contribution in [2.45, 2.75) is 19.9 Å². The highest BCUT2D eigenvalue weighted by atomic mass is 35.5. The van der Waals surface area contributed by atoms with Gasteiger partial charge in [0, 0.05) is 36.8 Å². The van der Waals surface area contributed by atoms with E-state index < -0.39 is 5.82 Å². The maximum absolute atomic E-state index is 13.8. The third kappa shape index (κ3) is 4.07. The van der Waals surface area contributed by atoms with Crippen molar-refractivity contribution in [2.24, 2.45) is 0 Å². The van der Waals surface area contributed by atoms with Crippen LogP contribution in [0.1, 0.15) is 18.4 Å². The highest BCUT2D eigenvalue weighted by Crippen LogP contribution is 2.20. The Balaban J connectivity index is 0.00000144. The molecule has 0 saturated heterocycles. The minimum absolute atomic E-state index is 0. The van der Waals surface area contributed by atoms with Crippen LogP contribution >= 0.6 is 24.8 Å². The van der Waals surface area contributed by atoms with Crippen LogP contribution in [-0.4, -0.2) is 26.2 Å². The van der Waals surface area contributed by atoms with E-state index in [1.54, 1.807) is 29.2 Å². The lowest BCUT2D eigenvalue weighted by molar-refractivity contribution is 0.386. The van der Waals surface area contributed by atoms with Crippen molar-refractivity contribution in [2.75, 3.05) is 7.11 Å². The summed E-state index contributed by atoms with van der Waals surface area (Å²) >= 11 is 0. The van der Waals surface area contributed by atoms with Gasteiger partial charge in [0.05, 0.1) is 25.7 Å². The van der Waals surface area contributed by atoms with Crippen molar-refractivity contribution in [1.82, 2.24) is 19.1 Å². The number of hydrogen-bond acceptors (Lipinski definition) is 3. The zero-order chi connectivity index (χ0) is 15.5. The fourth-order valence-electron chi connectivity index (χ4n) is 2.38. The number of aryl methyl sites for hydroxylation is 1. The zero-order valence-electron chi connectivity index (χ0n) is 13.3. The van der Waals surface area contributed by atoms with E-state index in [4.69, 9.17) is 4.74 Å². The molecule has 0 aliphatic rings. The Labute approximate surface area is 152 Å². The first-order valence-electron chi connectivity index (χ1n) is 7.08. The van der Waals surface area contributed by atoms with Crippen LogP contribution in [0.5, 0.6) is 5.75 Å². The minimum Gasteiger partial charge on any atom is -0.494 e. The summed E-state index contributed by atoms with van der Waals surface area (Å²) in [6, 6.07) is 4.83. The van der Waals surface area contributed by atoms with E-state index in [1.165, 1.54) is 13.2 Å². The summed E-state index contributed by atoms with van der Waals surface area (Å²) in [5.74, 6) is 0.860. The quantitative estimate of drug-likeness (QED) is 0.686. The molecule has 0 saturated carbocycles. The lowest BCUT2D eigenvalue weighted by Gasteiger charge is -2.06. The molecule has 0 amide bonds. The van der Waals surface area contributed by atoms with E-state index in [-0.39, 0.29) is 30.6 Å². The molecule has 130 valence electrons. The van der Waals surface area contributed by atoms with Gasteiger partial charge in [0.2, 0.25) is 0 Å². The molecule has 8 heteroatoms. The summed E-state index contributed by atoms with van der Waals surface area (Å²) in [7, 11) is 1.45. The molecule has 3 rings (SSSR count). The molecule has 3 aromatic rings. The van der Waals surface area contributed by atoms with Crippen molar-refractivity contribution in [3.05, 3.63) is 60.5 Å². The number of methoxy groups -OCH3 is 1. The van der Waals surface area contributed by atoms with Crippen LogP contribution in [0.4, 0.5) is 4.39 Å². The lowest BCUT2D eigenvalue weighted by Crippen LogP contribution is -2.03. The van der Waals surface area contributed by atoms with E-state index in [9.17, 15) is 4.39 Å². The van der Waals surface area contributed by atoms with Crippen LogP contribution in [0.25, 0.3) is 5.69 Å². The van der Waals surface area contributed by atoms with Gasteiger partial charge in [-0.2, -0.15) is 0 Å². The van der Waals surface area contributed by atoms with Gasteiger partial charge in [-0.1, -0.05) is 6.92 Å². The summed E-state index contributed by atoms with van der Waals surface area (Å²) < 4.78 is 22.6. The van der Waals surface area contributed by atoms with Crippen molar-refractivity contribution >= 4 is 24.8 Å². The van der Waals surface area contributed by atoms with Crippen LogP contribution in [0.15, 0.2) is 43.1 Å². The Hall–Kier alpha value is -2.05. The van der Waals surface area contributed by atoms with Gasteiger partial charge in [-0.3, -0.25) is 0 Å². The average molecular weight is 373 g/mol. The number of benzene rings is 1. The lowest BCUT2D eigenvalue weighted by atomic mass is 10.3. The van der Waals surface area contributed by atoms with Crippen LogP contribution in [0, 0.1) is 5.82 Å². The molecule has 1 aromatic carbocycles. The summed E-state index contributed by atoms with van der Waals surface area (Å²) in [5.41, 5.74) is 1.60. The minimum atomic E-state index is -0.391. The number of ether oxygens (including phenoxy) is 1. The van der Waals surface area contributed by atoms with Crippen LogP contribution < -0.4 is 4.74 Å². The van der Waals surface area contributed by atoms with Gasteiger partial charge in [0.1, 0.15) is 5.82 Å². The third-order valence-electron chi connectivity index (χ3n) is 3.52. The van der Waals surface area contributed by atoms with Crippen molar-refractivity contribution in [1.29, 1.82) is 0 Å². The SMILES string of the molecule is CCc1nccn1Cc1cn(-c2ccc(OC)c(F)c2)cn1.Cl.Cl. The Bertz CT molecular complexity index is 788. The number of aromatic nitrogens is 4. The van der Waals surface area contributed by atoms with E-state index in [1.807, 2.05) is 12.4 Å². The van der Waals surface area contributed by atoms with Gasteiger partial charge in [0.25, 0.3) is 0 Å². The second-order valence-corrected chi connectivity index (χ2v) is 4.92. The topological polar surface area (TPSA) is 44.9 Å². The molecule has 24 heavy (non-hydrogen) atoms. The summed E-state index contributed by atoms with van der Waals surface area (Å²) in [5, 5.41) is 0. The van der Waals surface area contributed by atoms with E-state index in [0.29, 0.717) is 12.2 Å². The summed E-state index contributed by atoms with van der Waals surface area (Å²) in [4.78, 5) is 8.67. The fraction of sp³-hybridized carbons (Fsp3) is 0.250. The zero-order valence-corrected chi connectivity index (χ0v) is 15.0. The van der Waals surface area contributed by atoms with E-state index in [0.717, 1.165) is 17.9 Å². The van der Waals surface area contributed by atoms with E-state index >= 15 is 0 Å². The van der Waals surface area contributed by atoms with Crippen LogP contribution in [0.2, 0.25) is 0 Å². The second-order valence-electron chi connectivity index (χ2n) is 4.92. The van der Waals surface area contributed by atoms with E-state index in [2.05, 4.69) is 21.5 Å². The molecule has 0 N–H and O–H groups in total. The van der Waals surface area contributed by atoms with Crippen molar-refractivity contribution in [3.8, 4) is 11.4 Å². The molecule has 0 spiro atoms.